The summed E-state index contributed by atoms with van der Waals surface area (Å²) in [4.78, 5) is 19.7. The van der Waals surface area contributed by atoms with Crippen molar-refractivity contribution in [3.8, 4) is 5.75 Å². The van der Waals surface area contributed by atoms with E-state index in [-0.39, 0.29) is 18.0 Å². The molecule has 2 rings (SSSR count). The molecule has 6 heteroatoms. The van der Waals surface area contributed by atoms with E-state index in [4.69, 9.17) is 4.42 Å². The number of aromatic nitrogens is 2. The molecule has 2 aromatic heterocycles. The lowest BCUT2D eigenvalue weighted by Crippen LogP contribution is -2.24. The van der Waals surface area contributed by atoms with Gasteiger partial charge in [-0.15, -0.1) is 0 Å². The number of amides is 1. The minimum absolute atomic E-state index is 0.0162. The van der Waals surface area contributed by atoms with Gasteiger partial charge in [0.05, 0.1) is 12.2 Å². The molecule has 0 aliphatic carbocycles. The van der Waals surface area contributed by atoms with Gasteiger partial charge in [-0.1, -0.05) is 0 Å². The van der Waals surface area contributed by atoms with Crippen LogP contribution in [0.5, 0.6) is 5.75 Å². The van der Waals surface area contributed by atoms with Crippen molar-refractivity contribution in [1.29, 1.82) is 0 Å². The highest BCUT2D eigenvalue weighted by Gasteiger charge is 2.13. The predicted octanol–water partition coefficient (Wildman–Crippen LogP) is 1.32. The van der Waals surface area contributed by atoms with Crippen LogP contribution in [0.4, 0.5) is 0 Å². The van der Waals surface area contributed by atoms with Gasteiger partial charge in [-0.3, -0.25) is 4.79 Å². The number of pyridine rings is 1. The van der Waals surface area contributed by atoms with E-state index in [9.17, 15) is 9.90 Å². The number of aromatic hydroxyl groups is 1. The third-order valence-electron chi connectivity index (χ3n) is 2.47. The zero-order chi connectivity index (χ0) is 13.1. The topological polar surface area (TPSA) is 88.2 Å². The van der Waals surface area contributed by atoms with Gasteiger partial charge in [0.25, 0.3) is 5.91 Å². The Kier molecular flexibility index (Phi) is 3.27. The molecule has 6 nitrogen and oxygen atoms in total. The van der Waals surface area contributed by atoms with Gasteiger partial charge in [0.15, 0.2) is 5.69 Å². The fourth-order valence-corrected chi connectivity index (χ4v) is 1.43. The molecule has 0 unspecified atom stereocenters. The molecule has 0 bridgehead atoms. The van der Waals surface area contributed by atoms with Gasteiger partial charge in [-0.05, 0) is 26.0 Å². The quantitative estimate of drug-likeness (QED) is 0.854. The van der Waals surface area contributed by atoms with Crippen LogP contribution in [-0.2, 0) is 6.54 Å². The maximum atomic E-state index is 11.7. The first-order valence-corrected chi connectivity index (χ1v) is 5.43. The summed E-state index contributed by atoms with van der Waals surface area (Å²) in [6, 6.07) is 2.95. The van der Waals surface area contributed by atoms with Crippen LogP contribution in [0.3, 0.4) is 0 Å². The Bertz CT molecular complexity index is 558. The second-order valence-electron chi connectivity index (χ2n) is 3.80. The van der Waals surface area contributed by atoms with Crippen LogP contribution in [0.25, 0.3) is 0 Å². The molecule has 0 aliphatic rings. The highest BCUT2D eigenvalue weighted by atomic mass is 16.4. The van der Waals surface area contributed by atoms with Gasteiger partial charge < -0.3 is 14.8 Å². The van der Waals surface area contributed by atoms with Crippen molar-refractivity contribution < 1.29 is 14.3 Å². The highest BCUT2D eigenvalue weighted by Crippen LogP contribution is 2.12. The number of nitrogens with zero attached hydrogens (tertiary/aromatic N) is 2. The van der Waals surface area contributed by atoms with E-state index in [0.717, 1.165) is 11.5 Å². The standard InChI is InChI=1S/C12H13N3O3/c1-7-8(2)18-10(15-7)6-14-12(17)11-9(16)4-3-5-13-11/h3-5,16H,6H2,1-2H3,(H,14,17). The molecule has 0 fully saturated rings. The molecule has 1 amide bonds. The molecule has 2 N–H and O–H groups in total. The second-order valence-corrected chi connectivity index (χ2v) is 3.80. The summed E-state index contributed by atoms with van der Waals surface area (Å²) >= 11 is 0. The summed E-state index contributed by atoms with van der Waals surface area (Å²) in [5, 5.41) is 12.0. The smallest absolute Gasteiger partial charge is 0.274 e. The van der Waals surface area contributed by atoms with Gasteiger partial charge in [-0.25, -0.2) is 9.97 Å². The largest absolute Gasteiger partial charge is 0.505 e. The number of oxazole rings is 1. The van der Waals surface area contributed by atoms with Crippen LogP contribution in [-0.4, -0.2) is 21.0 Å². The number of hydrogen-bond acceptors (Lipinski definition) is 5. The lowest BCUT2D eigenvalue weighted by atomic mass is 10.3. The first kappa shape index (κ1) is 12.1. The first-order valence-electron chi connectivity index (χ1n) is 5.43. The molecule has 0 spiro atoms. The first-order chi connectivity index (χ1) is 8.58. The van der Waals surface area contributed by atoms with Crippen molar-refractivity contribution in [3.63, 3.8) is 0 Å². The highest BCUT2D eigenvalue weighted by molar-refractivity contribution is 5.94. The van der Waals surface area contributed by atoms with E-state index in [2.05, 4.69) is 15.3 Å². The summed E-state index contributed by atoms with van der Waals surface area (Å²) in [6.45, 7) is 3.79. The number of rotatable bonds is 3. The molecule has 94 valence electrons. The minimum atomic E-state index is -0.471. The van der Waals surface area contributed by atoms with Crippen LogP contribution >= 0.6 is 0 Å². The molecular formula is C12H13N3O3. The monoisotopic (exact) mass is 247 g/mol. The van der Waals surface area contributed by atoms with Gasteiger partial charge in [0.1, 0.15) is 11.5 Å². The van der Waals surface area contributed by atoms with Crippen LogP contribution in [0, 0.1) is 13.8 Å². The normalized spacial score (nSPS) is 10.3. The van der Waals surface area contributed by atoms with Crippen molar-refractivity contribution >= 4 is 5.91 Å². The van der Waals surface area contributed by atoms with Crippen LogP contribution in [0.1, 0.15) is 27.8 Å². The number of nitrogens with one attached hydrogen (secondary N) is 1. The van der Waals surface area contributed by atoms with Crippen LogP contribution in [0.15, 0.2) is 22.7 Å². The van der Waals surface area contributed by atoms with E-state index in [1.54, 1.807) is 13.0 Å². The number of hydrogen-bond donors (Lipinski definition) is 2. The van der Waals surface area contributed by atoms with E-state index >= 15 is 0 Å². The zero-order valence-corrected chi connectivity index (χ0v) is 10.1. The fourth-order valence-electron chi connectivity index (χ4n) is 1.43. The lowest BCUT2D eigenvalue weighted by Gasteiger charge is -2.03. The molecule has 2 heterocycles. The molecule has 0 saturated heterocycles. The Labute approximate surface area is 104 Å². The maximum Gasteiger partial charge on any atom is 0.274 e. The average molecular weight is 247 g/mol. The predicted molar refractivity (Wildman–Crippen MR) is 63.0 cm³/mol. The fraction of sp³-hybridized carbons (Fsp3) is 0.250. The second kappa shape index (κ2) is 4.87. The third-order valence-corrected chi connectivity index (χ3v) is 2.47. The Hall–Kier alpha value is -2.37. The summed E-state index contributed by atoms with van der Waals surface area (Å²) in [5.74, 6) is 0.519. The summed E-state index contributed by atoms with van der Waals surface area (Å²) in [7, 11) is 0. The summed E-state index contributed by atoms with van der Waals surface area (Å²) < 4.78 is 5.32. The summed E-state index contributed by atoms with van der Waals surface area (Å²) in [6.07, 6.45) is 1.44. The van der Waals surface area contributed by atoms with E-state index in [1.165, 1.54) is 12.3 Å². The molecule has 0 aromatic carbocycles. The number of carbonyl (C=O) groups is 1. The zero-order valence-electron chi connectivity index (χ0n) is 10.1. The number of carbonyl (C=O) groups excluding carboxylic acids is 1. The molecular weight excluding hydrogens is 234 g/mol. The van der Waals surface area contributed by atoms with E-state index in [0.29, 0.717) is 5.89 Å². The van der Waals surface area contributed by atoms with Gasteiger partial charge >= 0.3 is 0 Å². The molecule has 0 atom stereocenters. The van der Waals surface area contributed by atoms with Gasteiger partial charge in [0, 0.05) is 6.20 Å². The van der Waals surface area contributed by atoms with Gasteiger partial charge in [-0.2, -0.15) is 0 Å². The third kappa shape index (κ3) is 2.48. The molecule has 2 aromatic rings. The van der Waals surface area contributed by atoms with Gasteiger partial charge in [0.2, 0.25) is 5.89 Å². The average Bonchev–Trinajstić information content (AvgIpc) is 2.66. The number of aryl methyl sites for hydroxylation is 2. The van der Waals surface area contributed by atoms with E-state index < -0.39 is 5.91 Å². The molecule has 18 heavy (non-hydrogen) atoms. The minimum Gasteiger partial charge on any atom is -0.505 e. The van der Waals surface area contributed by atoms with E-state index in [1.807, 2.05) is 6.92 Å². The Morgan fingerprint density at radius 3 is 2.89 bits per heavy atom. The van der Waals surface area contributed by atoms with Crippen molar-refractivity contribution in [2.75, 3.05) is 0 Å². The van der Waals surface area contributed by atoms with Crippen molar-refractivity contribution in [2.24, 2.45) is 0 Å². The molecule has 0 aliphatic heterocycles. The van der Waals surface area contributed by atoms with Crippen molar-refractivity contribution in [1.82, 2.24) is 15.3 Å². The summed E-state index contributed by atoms with van der Waals surface area (Å²) in [5.41, 5.74) is 0.775. The Morgan fingerprint density at radius 1 is 1.50 bits per heavy atom. The van der Waals surface area contributed by atoms with Crippen molar-refractivity contribution in [2.45, 2.75) is 20.4 Å². The molecule has 0 radical (unpaired) electrons. The lowest BCUT2D eigenvalue weighted by molar-refractivity contribution is 0.0939. The molecule has 0 saturated carbocycles. The van der Waals surface area contributed by atoms with Crippen LogP contribution < -0.4 is 5.32 Å². The Balaban J connectivity index is 2.03. The SMILES string of the molecule is Cc1nc(CNC(=O)c2ncccc2O)oc1C. The Morgan fingerprint density at radius 2 is 2.28 bits per heavy atom. The van der Waals surface area contributed by atoms with Crippen LogP contribution in [0.2, 0.25) is 0 Å². The maximum absolute atomic E-state index is 11.7. The van der Waals surface area contributed by atoms with Crippen molar-refractivity contribution in [3.05, 3.63) is 41.4 Å².